The van der Waals surface area contributed by atoms with Crippen molar-refractivity contribution in [3.8, 4) is 0 Å². The van der Waals surface area contributed by atoms with Crippen LogP contribution in [-0.4, -0.2) is 14.0 Å². The summed E-state index contributed by atoms with van der Waals surface area (Å²) in [5.74, 6) is 0. The molecule has 0 aromatic carbocycles. The van der Waals surface area contributed by atoms with Gasteiger partial charge in [-0.3, -0.25) is 0 Å². The fourth-order valence-corrected chi connectivity index (χ4v) is 3.70. The molecule has 0 saturated carbocycles. The van der Waals surface area contributed by atoms with Crippen molar-refractivity contribution in [2.45, 2.75) is 37.1 Å². The minimum absolute atomic E-state index is 0.317. The fourth-order valence-electron chi connectivity index (χ4n) is 1.05. The first-order valence-corrected chi connectivity index (χ1v) is 6.92. The lowest BCUT2D eigenvalue weighted by Crippen LogP contribution is -2.40. The van der Waals surface area contributed by atoms with E-state index in [0.717, 1.165) is 5.56 Å². The molecule has 0 bridgehead atoms. The van der Waals surface area contributed by atoms with Gasteiger partial charge in [0.15, 0.2) is 0 Å². The molecule has 0 saturated heterocycles. The molecule has 1 aromatic heterocycles. The van der Waals surface area contributed by atoms with Gasteiger partial charge in [-0.05, 0) is 37.8 Å². The van der Waals surface area contributed by atoms with E-state index in [1.165, 1.54) is 11.3 Å². The topological polar surface area (TPSA) is 72.2 Å². The van der Waals surface area contributed by atoms with E-state index >= 15 is 0 Å². The van der Waals surface area contributed by atoms with E-state index in [1.807, 2.05) is 20.8 Å². The van der Waals surface area contributed by atoms with Crippen LogP contribution in [0.25, 0.3) is 0 Å². The fraction of sp³-hybridized carbons (Fsp3) is 0.556. The second kappa shape index (κ2) is 4.21. The molecule has 0 atom stereocenters. The van der Waals surface area contributed by atoms with Gasteiger partial charge in [0.25, 0.3) is 10.0 Å². The van der Waals surface area contributed by atoms with Crippen molar-refractivity contribution in [2.24, 2.45) is 5.73 Å². The number of hydrogen-bond acceptors (Lipinski definition) is 4. The van der Waals surface area contributed by atoms with Gasteiger partial charge in [-0.15, -0.1) is 11.3 Å². The molecule has 0 spiro atoms. The van der Waals surface area contributed by atoms with Crippen LogP contribution in [0.1, 0.15) is 26.3 Å². The highest BCUT2D eigenvalue weighted by molar-refractivity contribution is 7.91. The summed E-state index contributed by atoms with van der Waals surface area (Å²) >= 11 is 1.19. The van der Waals surface area contributed by atoms with Gasteiger partial charge < -0.3 is 5.73 Å². The van der Waals surface area contributed by atoms with Gasteiger partial charge in [0.2, 0.25) is 0 Å². The third-order valence-electron chi connectivity index (χ3n) is 1.57. The van der Waals surface area contributed by atoms with Crippen LogP contribution in [0.3, 0.4) is 0 Å². The summed E-state index contributed by atoms with van der Waals surface area (Å²) < 4.78 is 26.6. The molecule has 86 valence electrons. The van der Waals surface area contributed by atoms with Crippen LogP contribution in [-0.2, 0) is 16.6 Å². The van der Waals surface area contributed by atoms with Gasteiger partial charge in [-0.2, -0.15) is 0 Å². The van der Waals surface area contributed by atoms with Crippen LogP contribution in [0.2, 0.25) is 0 Å². The highest BCUT2D eigenvalue weighted by Gasteiger charge is 2.23. The van der Waals surface area contributed by atoms with Crippen molar-refractivity contribution >= 4 is 21.4 Å². The predicted octanol–water partition coefficient (Wildman–Crippen LogP) is 1.28. The minimum atomic E-state index is -3.39. The molecule has 4 nitrogen and oxygen atoms in total. The second-order valence-electron chi connectivity index (χ2n) is 4.33. The standard InChI is InChI=1S/C9H16N2O2S2/c1-9(2,3)11-15(12,13)8-4-7(5-10)6-14-8/h4,6,11H,5,10H2,1-3H3. The van der Waals surface area contributed by atoms with E-state index in [-0.39, 0.29) is 0 Å². The normalized spacial score (nSPS) is 13.1. The van der Waals surface area contributed by atoms with Gasteiger partial charge in [-0.25, -0.2) is 13.1 Å². The smallest absolute Gasteiger partial charge is 0.250 e. The van der Waals surface area contributed by atoms with Crippen molar-refractivity contribution in [3.63, 3.8) is 0 Å². The molecule has 15 heavy (non-hydrogen) atoms. The summed E-state index contributed by atoms with van der Waals surface area (Å²) in [5.41, 5.74) is 5.80. The Morgan fingerprint density at radius 1 is 1.47 bits per heavy atom. The molecular weight excluding hydrogens is 232 g/mol. The highest BCUT2D eigenvalue weighted by atomic mass is 32.2. The average Bonchev–Trinajstić information content (AvgIpc) is 2.47. The Bertz CT molecular complexity index is 429. The molecule has 0 aliphatic heterocycles. The van der Waals surface area contributed by atoms with Crippen LogP contribution in [0.15, 0.2) is 15.7 Å². The molecule has 1 rings (SSSR count). The number of sulfonamides is 1. The van der Waals surface area contributed by atoms with Crippen LogP contribution >= 0.6 is 11.3 Å². The first kappa shape index (κ1) is 12.6. The van der Waals surface area contributed by atoms with Crippen LogP contribution in [0.4, 0.5) is 0 Å². The van der Waals surface area contributed by atoms with Gasteiger partial charge in [0.1, 0.15) is 4.21 Å². The Morgan fingerprint density at radius 2 is 2.07 bits per heavy atom. The summed E-state index contributed by atoms with van der Waals surface area (Å²) in [5, 5.41) is 1.76. The van der Waals surface area contributed by atoms with Crippen molar-refractivity contribution in [1.82, 2.24) is 4.72 Å². The Balaban J connectivity index is 2.96. The van der Waals surface area contributed by atoms with Gasteiger partial charge in [-0.1, -0.05) is 0 Å². The number of nitrogens with two attached hydrogens (primary N) is 1. The maximum atomic E-state index is 11.8. The zero-order valence-corrected chi connectivity index (χ0v) is 10.7. The largest absolute Gasteiger partial charge is 0.326 e. The van der Waals surface area contributed by atoms with E-state index in [0.29, 0.717) is 10.8 Å². The Morgan fingerprint density at radius 3 is 2.47 bits per heavy atom. The quantitative estimate of drug-likeness (QED) is 0.846. The monoisotopic (exact) mass is 248 g/mol. The van der Waals surface area contributed by atoms with Gasteiger partial charge in [0, 0.05) is 12.1 Å². The molecule has 0 aliphatic rings. The van der Waals surface area contributed by atoms with Gasteiger partial charge >= 0.3 is 0 Å². The molecule has 0 unspecified atom stereocenters. The SMILES string of the molecule is CC(C)(C)NS(=O)(=O)c1cc(CN)cs1. The molecule has 0 aliphatic carbocycles. The summed E-state index contributed by atoms with van der Waals surface area (Å²) in [6, 6.07) is 1.61. The lowest BCUT2D eigenvalue weighted by Gasteiger charge is -2.19. The second-order valence-corrected chi connectivity index (χ2v) is 7.15. The molecule has 0 radical (unpaired) electrons. The van der Waals surface area contributed by atoms with Crippen LogP contribution in [0.5, 0.6) is 0 Å². The first-order valence-electron chi connectivity index (χ1n) is 4.56. The highest BCUT2D eigenvalue weighted by Crippen LogP contribution is 2.21. The van der Waals surface area contributed by atoms with Crippen molar-refractivity contribution in [2.75, 3.05) is 0 Å². The minimum Gasteiger partial charge on any atom is -0.326 e. The van der Waals surface area contributed by atoms with E-state index in [1.54, 1.807) is 11.4 Å². The summed E-state index contributed by atoms with van der Waals surface area (Å²) in [6.07, 6.45) is 0. The third kappa shape index (κ3) is 3.57. The first-order chi connectivity index (χ1) is 6.74. The van der Waals surface area contributed by atoms with Gasteiger partial charge in [0.05, 0.1) is 0 Å². The summed E-state index contributed by atoms with van der Waals surface area (Å²) in [4.78, 5) is 0. The maximum absolute atomic E-state index is 11.8. The Hall–Kier alpha value is -0.430. The molecular formula is C9H16N2O2S2. The van der Waals surface area contributed by atoms with Crippen molar-refractivity contribution in [1.29, 1.82) is 0 Å². The lowest BCUT2D eigenvalue weighted by atomic mass is 10.1. The molecule has 0 amide bonds. The Kier molecular flexibility index (Phi) is 3.55. The van der Waals surface area contributed by atoms with E-state index in [9.17, 15) is 8.42 Å². The number of nitrogens with one attached hydrogen (secondary N) is 1. The molecule has 1 aromatic rings. The zero-order chi connectivity index (χ0) is 11.7. The summed E-state index contributed by atoms with van der Waals surface area (Å²) in [6.45, 7) is 5.79. The summed E-state index contributed by atoms with van der Waals surface area (Å²) in [7, 11) is -3.39. The molecule has 1 heterocycles. The molecule has 0 fully saturated rings. The maximum Gasteiger partial charge on any atom is 0.250 e. The van der Waals surface area contributed by atoms with E-state index < -0.39 is 15.6 Å². The number of hydrogen-bond donors (Lipinski definition) is 2. The third-order valence-corrected chi connectivity index (χ3v) is 4.82. The average molecular weight is 248 g/mol. The van der Waals surface area contributed by atoms with Crippen molar-refractivity contribution < 1.29 is 8.42 Å². The zero-order valence-electron chi connectivity index (χ0n) is 9.07. The van der Waals surface area contributed by atoms with E-state index in [4.69, 9.17) is 5.73 Å². The predicted molar refractivity (Wildman–Crippen MR) is 62.3 cm³/mol. The Labute approximate surface area is 94.5 Å². The number of thiophene rings is 1. The number of rotatable bonds is 3. The van der Waals surface area contributed by atoms with Crippen molar-refractivity contribution in [3.05, 3.63) is 17.0 Å². The van der Waals surface area contributed by atoms with E-state index in [2.05, 4.69) is 4.72 Å². The lowest BCUT2D eigenvalue weighted by molar-refractivity contribution is 0.492. The van der Waals surface area contributed by atoms with Crippen LogP contribution < -0.4 is 10.5 Å². The molecule has 6 heteroatoms. The molecule has 3 N–H and O–H groups in total. The van der Waals surface area contributed by atoms with Crippen LogP contribution in [0, 0.1) is 0 Å².